The van der Waals surface area contributed by atoms with E-state index in [1.165, 1.54) is 38.8 Å². The second-order valence-electron chi connectivity index (χ2n) is 5.84. The molecule has 1 aromatic rings. The smallest absolute Gasteiger partial charge is 0.170 e. The van der Waals surface area contributed by atoms with Crippen molar-refractivity contribution in [3.05, 3.63) is 28.7 Å². The Labute approximate surface area is 148 Å². The highest BCUT2D eigenvalue weighted by Gasteiger charge is 2.19. The van der Waals surface area contributed by atoms with Crippen molar-refractivity contribution in [2.24, 2.45) is 0 Å². The molecule has 0 unspecified atom stereocenters. The molecule has 0 aliphatic carbocycles. The molecule has 22 heavy (non-hydrogen) atoms. The number of hydrogen-bond acceptors (Lipinski definition) is 2. The van der Waals surface area contributed by atoms with Crippen LogP contribution in [0.1, 0.15) is 39.0 Å². The molecule has 1 aliphatic heterocycles. The Hall–Kier alpha value is -0.650. The summed E-state index contributed by atoms with van der Waals surface area (Å²) >= 11 is 8.81. The van der Waals surface area contributed by atoms with Gasteiger partial charge in [-0.05, 0) is 62.6 Å². The minimum Gasteiger partial charge on any atom is -0.362 e. The van der Waals surface area contributed by atoms with Crippen LogP contribution in [0, 0.1) is 0 Å². The predicted octanol–water partition coefficient (Wildman–Crippen LogP) is 4.39. The first kappa shape index (κ1) is 17.7. The third kappa shape index (κ3) is 5.86. The fraction of sp³-hybridized carbons (Fsp3) is 0.588. The molecule has 1 heterocycles. The van der Waals surface area contributed by atoms with Crippen molar-refractivity contribution in [1.29, 1.82) is 0 Å². The molecule has 2 N–H and O–H groups in total. The molecule has 2 rings (SSSR count). The molecule has 5 heteroatoms. The highest BCUT2D eigenvalue weighted by Crippen LogP contribution is 2.19. The van der Waals surface area contributed by atoms with Gasteiger partial charge in [0.15, 0.2) is 5.11 Å². The lowest BCUT2D eigenvalue weighted by atomic mass is 10.00. The van der Waals surface area contributed by atoms with Crippen molar-refractivity contribution in [2.45, 2.75) is 45.1 Å². The maximum atomic E-state index is 5.34. The van der Waals surface area contributed by atoms with Crippen LogP contribution in [0.25, 0.3) is 0 Å². The monoisotopic (exact) mass is 383 g/mol. The molecule has 1 aliphatic rings. The average Bonchev–Trinajstić information content (AvgIpc) is 2.52. The van der Waals surface area contributed by atoms with E-state index in [1.807, 2.05) is 24.3 Å². The second-order valence-corrected chi connectivity index (χ2v) is 7.16. The molecule has 0 bridgehead atoms. The Morgan fingerprint density at radius 1 is 1.41 bits per heavy atom. The minimum atomic E-state index is 0.698. The summed E-state index contributed by atoms with van der Waals surface area (Å²) in [6.45, 7) is 5.66. The van der Waals surface area contributed by atoms with Gasteiger partial charge in [-0.3, -0.25) is 0 Å². The molecule has 122 valence electrons. The van der Waals surface area contributed by atoms with E-state index in [4.69, 9.17) is 12.2 Å². The Morgan fingerprint density at radius 2 is 2.27 bits per heavy atom. The maximum absolute atomic E-state index is 5.34. The summed E-state index contributed by atoms with van der Waals surface area (Å²) in [5.41, 5.74) is 1.01. The zero-order valence-electron chi connectivity index (χ0n) is 13.3. The van der Waals surface area contributed by atoms with Gasteiger partial charge in [-0.1, -0.05) is 35.3 Å². The molecule has 1 fully saturated rings. The lowest BCUT2D eigenvalue weighted by Crippen LogP contribution is -2.40. The van der Waals surface area contributed by atoms with Crippen LogP contribution in [0.4, 0.5) is 5.69 Å². The van der Waals surface area contributed by atoms with Crippen LogP contribution in [0.3, 0.4) is 0 Å². The van der Waals surface area contributed by atoms with Crippen molar-refractivity contribution in [3.63, 3.8) is 0 Å². The van der Waals surface area contributed by atoms with Gasteiger partial charge in [0.1, 0.15) is 0 Å². The summed E-state index contributed by atoms with van der Waals surface area (Å²) in [6.07, 6.45) is 6.53. The molecule has 1 aromatic carbocycles. The predicted molar refractivity (Wildman–Crippen MR) is 102 cm³/mol. The van der Waals surface area contributed by atoms with Gasteiger partial charge in [-0.15, -0.1) is 0 Å². The molecule has 1 atom stereocenters. The van der Waals surface area contributed by atoms with Crippen molar-refractivity contribution >= 4 is 38.9 Å². The summed E-state index contributed by atoms with van der Waals surface area (Å²) < 4.78 is 1.05. The van der Waals surface area contributed by atoms with Gasteiger partial charge in [0.2, 0.25) is 0 Å². The van der Waals surface area contributed by atoms with Crippen LogP contribution in [-0.2, 0) is 0 Å². The zero-order valence-corrected chi connectivity index (χ0v) is 15.7. The number of likely N-dealkylation sites (tertiary alicyclic amines) is 1. The number of rotatable bonds is 6. The number of nitrogens with one attached hydrogen (secondary N) is 2. The van der Waals surface area contributed by atoms with Crippen LogP contribution in [0.15, 0.2) is 28.7 Å². The Kier molecular flexibility index (Phi) is 7.63. The third-order valence-electron chi connectivity index (χ3n) is 4.21. The van der Waals surface area contributed by atoms with Crippen LogP contribution in [-0.4, -0.2) is 35.7 Å². The fourth-order valence-electron chi connectivity index (χ4n) is 3.04. The number of thiocarbonyl (C=S) groups is 1. The molecule has 0 amide bonds. The largest absolute Gasteiger partial charge is 0.362 e. The molecule has 0 radical (unpaired) electrons. The summed E-state index contributed by atoms with van der Waals surface area (Å²) in [6, 6.07) is 8.83. The molecular formula is C17H26BrN3S. The average molecular weight is 384 g/mol. The highest BCUT2D eigenvalue weighted by molar-refractivity contribution is 9.10. The van der Waals surface area contributed by atoms with E-state index in [0.29, 0.717) is 5.11 Å². The minimum absolute atomic E-state index is 0.698. The second kappa shape index (κ2) is 9.48. The van der Waals surface area contributed by atoms with E-state index >= 15 is 0 Å². The molecular weight excluding hydrogens is 358 g/mol. The first-order chi connectivity index (χ1) is 10.7. The number of anilines is 1. The SMILES string of the molecule is CC[C@H]1CCCCN1CCCNC(=S)Nc1cccc(Br)c1. The third-order valence-corrected chi connectivity index (χ3v) is 4.95. The first-order valence-electron chi connectivity index (χ1n) is 8.23. The number of piperidine rings is 1. The number of halogens is 1. The highest BCUT2D eigenvalue weighted by atomic mass is 79.9. The van der Waals surface area contributed by atoms with E-state index in [1.54, 1.807) is 0 Å². The van der Waals surface area contributed by atoms with Gasteiger partial charge in [0.25, 0.3) is 0 Å². The molecule has 0 saturated carbocycles. The van der Waals surface area contributed by atoms with Crippen molar-refractivity contribution in [3.8, 4) is 0 Å². The van der Waals surface area contributed by atoms with Gasteiger partial charge in [-0.25, -0.2) is 0 Å². The Bertz CT molecular complexity index is 481. The van der Waals surface area contributed by atoms with E-state index in [0.717, 1.165) is 29.2 Å². The molecule has 0 spiro atoms. The summed E-state index contributed by atoms with van der Waals surface area (Å²) in [4.78, 5) is 2.65. The summed E-state index contributed by atoms with van der Waals surface area (Å²) in [7, 11) is 0. The lowest BCUT2D eigenvalue weighted by Gasteiger charge is -2.35. The first-order valence-corrected chi connectivity index (χ1v) is 9.43. The van der Waals surface area contributed by atoms with Crippen molar-refractivity contribution in [1.82, 2.24) is 10.2 Å². The number of nitrogens with zero attached hydrogens (tertiary/aromatic N) is 1. The van der Waals surface area contributed by atoms with E-state index in [9.17, 15) is 0 Å². The van der Waals surface area contributed by atoms with E-state index in [2.05, 4.69) is 38.4 Å². The van der Waals surface area contributed by atoms with Crippen LogP contribution >= 0.6 is 28.1 Å². The topological polar surface area (TPSA) is 27.3 Å². The quantitative estimate of drug-likeness (QED) is 0.562. The summed E-state index contributed by atoms with van der Waals surface area (Å²) in [5.74, 6) is 0. The van der Waals surface area contributed by atoms with Gasteiger partial charge >= 0.3 is 0 Å². The normalized spacial score (nSPS) is 18.9. The standard InChI is InChI=1S/C17H26BrN3S/c1-2-16-9-3-4-11-21(16)12-6-10-19-17(22)20-15-8-5-7-14(18)13-15/h5,7-8,13,16H,2-4,6,9-12H2,1H3,(H2,19,20,22)/t16-/m0/s1. The molecule has 3 nitrogen and oxygen atoms in total. The van der Waals surface area contributed by atoms with Gasteiger partial charge in [-0.2, -0.15) is 0 Å². The van der Waals surface area contributed by atoms with E-state index in [-0.39, 0.29) is 0 Å². The van der Waals surface area contributed by atoms with Crippen LogP contribution < -0.4 is 10.6 Å². The van der Waals surface area contributed by atoms with Crippen LogP contribution in [0.5, 0.6) is 0 Å². The summed E-state index contributed by atoms with van der Waals surface area (Å²) in [5, 5.41) is 7.22. The van der Waals surface area contributed by atoms with Gasteiger partial charge < -0.3 is 15.5 Å². The lowest BCUT2D eigenvalue weighted by molar-refractivity contribution is 0.143. The molecule has 0 aromatic heterocycles. The van der Waals surface area contributed by atoms with E-state index < -0.39 is 0 Å². The Morgan fingerprint density at radius 3 is 3.05 bits per heavy atom. The zero-order chi connectivity index (χ0) is 15.8. The van der Waals surface area contributed by atoms with Crippen molar-refractivity contribution < 1.29 is 0 Å². The fourth-order valence-corrected chi connectivity index (χ4v) is 3.66. The Balaban J connectivity index is 1.64. The van der Waals surface area contributed by atoms with Gasteiger partial charge in [0, 0.05) is 29.3 Å². The van der Waals surface area contributed by atoms with Gasteiger partial charge in [0.05, 0.1) is 0 Å². The van der Waals surface area contributed by atoms with Crippen molar-refractivity contribution in [2.75, 3.05) is 25.0 Å². The maximum Gasteiger partial charge on any atom is 0.170 e. The van der Waals surface area contributed by atoms with Crippen LogP contribution in [0.2, 0.25) is 0 Å². The number of hydrogen-bond donors (Lipinski definition) is 2. The molecule has 1 saturated heterocycles. The number of benzene rings is 1.